The molecule has 8 heteroatoms. The van der Waals surface area contributed by atoms with E-state index in [1.165, 1.54) is 0 Å². The van der Waals surface area contributed by atoms with E-state index in [1.54, 1.807) is 4.68 Å². The summed E-state index contributed by atoms with van der Waals surface area (Å²) in [6.45, 7) is 2.52. The zero-order valence-electron chi connectivity index (χ0n) is 12.8. The van der Waals surface area contributed by atoms with Gasteiger partial charge in [-0.25, -0.2) is 0 Å². The van der Waals surface area contributed by atoms with Gasteiger partial charge in [0.2, 0.25) is 5.89 Å². The molecule has 1 N–H and O–H groups in total. The van der Waals surface area contributed by atoms with Crippen LogP contribution in [0.25, 0.3) is 5.69 Å². The Morgan fingerprint density at radius 3 is 2.91 bits per heavy atom. The molecule has 1 atom stereocenters. The van der Waals surface area contributed by atoms with Crippen LogP contribution in [-0.2, 0) is 6.54 Å². The fraction of sp³-hybridized carbons (Fsp3) is 0.400. The summed E-state index contributed by atoms with van der Waals surface area (Å²) in [6, 6.07) is 9.76. The minimum atomic E-state index is -0.0481. The molecule has 118 valence electrons. The summed E-state index contributed by atoms with van der Waals surface area (Å²) in [4.78, 5) is 4.41. The van der Waals surface area contributed by atoms with Crippen molar-refractivity contribution in [3.8, 4) is 5.69 Å². The van der Waals surface area contributed by atoms with Crippen LogP contribution in [0.5, 0.6) is 0 Å². The topological polar surface area (TPSA) is 94.6 Å². The van der Waals surface area contributed by atoms with Crippen molar-refractivity contribution in [2.75, 3.05) is 0 Å². The molecule has 1 aromatic carbocycles. The van der Waals surface area contributed by atoms with Gasteiger partial charge in [-0.05, 0) is 42.3 Å². The molecule has 23 heavy (non-hydrogen) atoms. The predicted octanol–water partition coefficient (Wildman–Crippen LogP) is 1.77. The van der Waals surface area contributed by atoms with Crippen LogP contribution in [0.15, 0.2) is 34.9 Å². The molecule has 8 nitrogen and oxygen atoms in total. The van der Waals surface area contributed by atoms with Crippen molar-refractivity contribution in [3.63, 3.8) is 0 Å². The molecule has 2 aromatic heterocycles. The third kappa shape index (κ3) is 2.98. The molecule has 0 spiro atoms. The van der Waals surface area contributed by atoms with E-state index in [0.717, 1.165) is 30.2 Å². The van der Waals surface area contributed by atoms with E-state index in [2.05, 4.69) is 31.0 Å². The van der Waals surface area contributed by atoms with Gasteiger partial charge in [0.05, 0.1) is 18.3 Å². The number of nitrogens with one attached hydrogen (secondary N) is 1. The third-order valence-electron chi connectivity index (χ3n) is 3.86. The van der Waals surface area contributed by atoms with Gasteiger partial charge in [-0.3, -0.25) is 0 Å². The largest absolute Gasteiger partial charge is 0.339 e. The van der Waals surface area contributed by atoms with E-state index >= 15 is 0 Å². The summed E-state index contributed by atoms with van der Waals surface area (Å²) < 4.78 is 6.98. The van der Waals surface area contributed by atoms with E-state index in [-0.39, 0.29) is 6.04 Å². The first-order chi connectivity index (χ1) is 11.3. The Labute approximate surface area is 132 Å². The maximum absolute atomic E-state index is 5.26. The minimum Gasteiger partial charge on any atom is -0.339 e. The smallest absolute Gasteiger partial charge is 0.229 e. The van der Waals surface area contributed by atoms with Crippen LogP contribution in [-0.4, -0.2) is 30.3 Å². The zero-order chi connectivity index (χ0) is 15.6. The number of tetrazole rings is 1. The molecule has 0 radical (unpaired) electrons. The molecule has 0 saturated heterocycles. The monoisotopic (exact) mass is 311 g/mol. The number of hydrogen-bond acceptors (Lipinski definition) is 7. The summed E-state index contributed by atoms with van der Waals surface area (Å²) in [6.07, 6.45) is 2.30. The SMILES string of the molecule is C[C@@H](NCc1noc(C2CC2)n1)c1nnnn1-c1ccccc1. The van der Waals surface area contributed by atoms with Crippen molar-refractivity contribution in [2.45, 2.75) is 38.3 Å². The Balaban J connectivity index is 1.44. The highest BCUT2D eigenvalue weighted by atomic mass is 16.5. The van der Waals surface area contributed by atoms with Crippen LogP contribution in [0.2, 0.25) is 0 Å². The molecule has 1 aliphatic carbocycles. The second-order valence-electron chi connectivity index (χ2n) is 5.71. The molecule has 0 aliphatic heterocycles. The van der Waals surface area contributed by atoms with Gasteiger partial charge in [0.25, 0.3) is 0 Å². The molecular weight excluding hydrogens is 294 g/mol. The van der Waals surface area contributed by atoms with E-state index < -0.39 is 0 Å². The Bertz CT molecular complexity index is 778. The number of nitrogens with zero attached hydrogens (tertiary/aromatic N) is 6. The molecule has 1 aliphatic rings. The van der Waals surface area contributed by atoms with Gasteiger partial charge in [0.15, 0.2) is 11.6 Å². The third-order valence-corrected chi connectivity index (χ3v) is 3.86. The lowest BCUT2D eigenvalue weighted by atomic mass is 10.3. The lowest BCUT2D eigenvalue weighted by Crippen LogP contribution is -2.22. The second kappa shape index (κ2) is 5.88. The highest BCUT2D eigenvalue weighted by Crippen LogP contribution is 2.38. The van der Waals surface area contributed by atoms with Crippen LogP contribution in [0, 0.1) is 0 Å². The summed E-state index contributed by atoms with van der Waals surface area (Å²) in [5.74, 6) is 2.63. The highest BCUT2D eigenvalue weighted by molar-refractivity contribution is 5.30. The summed E-state index contributed by atoms with van der Waals surface area (Å²) in [7, 11) is 0. The van der Waals surface area contributed by atoms with Crippen LogP contribution < -0.4 is 5.32 Å². The number of aromatic nitrogens is 6. The number of hydrogen-bond donors (Lipinski definition) is 1. The van der Waals surface area contributed by atoms with Gasteiger partial charge in [0.1, 0.15) is 0 Å². The van der Waals surface area contributed by atoms with E-state index in [0.29, 0.717) is 18.3 Å². The summed E-state index contributed by atoms with van der Waals surface area (Å²) in [5.41, 5.74) is 0.928. The van der Waals surface area contributed by atoms with Gasteiger partial charge >= 0.3 is 0 Å². The normalized spacial score (nSPS) is 15.7. The second-order valence-corrected chi connectivity index (χ2v) is 5.71. The molecule has 4 rings (SSSR count). The summed E-state index contributed by atoms with van der Waals surface area (Å²) in [5, 5.41) is 19.3. The lowest BCUT2D eigenvalue weighted by Gasteiger charge is -2.12. The van der Waals surface area contributed by atoms with Gasteiger partial charge in [0, 0.05) is 5.92 Å². The maximum Gasteiger partial charge on any atom is 0.229 e. The predicted molar refractivity (Wildman–Crippen MR) is 80.7 cm³/mol. The zero-order valence-corrected chi connectivity index (χ0v) is 12.8. The van der Waals surface area contributed by atoms with Crippen molar-refractivity contribution < 1.29 is 4.52 Å². The van der Waals surface area contributed by atoms with Crippen molar-refractivity contribution in [1.29, 1.82) is 0 Å². The molecule has 1 fully saturated rings. The lowest BCUT2D eigenvalue weighted by molar-refractivity contribution is 0.371. The van der Waals surface area contributed by atoms with Gasteiger partial charge in [-0.15, -0.1) is 5.10 Å². The Kier molecular flexibility index (Phi) is 3.58. The maximum atomic E-state index is 5.26. The average molecular weight is 311 g/mol. The summed E-state index contributed by atoms with van der Waals surface area (Å²) >= 11 is 0. The van der Waals surface area contributed by atoms with E-state index in [4.69, 9.17) is 4.52 Å². The van der Waals surface area contributed by atoms with Crippen molar-refractivity contribution >= 4 is 0 Å². The molecule has 0 unspecified atom stereocenters. The van der Waals surface area contributed by atoms with E-state index in [9.17, 15) is 0 Å². The van der Waals surface area contributed by atoms with Crippen LogP contribution in [0.1, 0.15) is 49.3 Å². The Hall–Kier alpha value is -2.61. The fourth-order valence-corrected chi connectivity index (χ4v) is 2.39. The van der Waals surface area contributed by atoms with Crippen molar-refractivity contribution in [1.82, 2.24) is 35.7 Å². The van der Waals surface area contributed by atoms with Crippen molar-refractivity contribution in [3.05, 3.63) is 47.9 Å². The number of para-hydroxylation sites is 1. The Morgan fingerprint density at radius 1 is 1.30 bits per heavy atom. The molecule has 0 bridgehead atoms. The molecule has 1 saturated carbocycles. The average Bonchev–Trinajstić information content (AvgIpc) is 3.14. The highest BCUT2D eigenvalue weighted by Gasteiger charge is 2.29. The molecule has 2 heterocycles. The molecule has 0 amide bonds. The van der Waals surface area contributed by atoms with Crippen LogP contribution >= 0.6 is 0 Å². The molecular formula is C15H17N7O. The minimum absolute atomic E-state index is 0.0481. The van der Waals surface area contributed by atoms with Gasteiger partial charge < -0.3 is 9.84 Å². The fourth-order valence-electron chi connectivity index (χ4n) is 2.39. The number of benzene rings is 1. The van der Waals surface area contributed by atoms with Gasteiger partial charge in [-0.2, -0.15) is 9.67 Å². The first-order valence-electron chi connectivity index (χ1n) is 7.71. The van der Waals surface area contributed by atoms with Crippen LogP contribution in [0.4, 0.5) is 0 Å². The quantitative estimate of drug-likeness (QED) is 0.741. The standard InChI is InChI=1S/C15H17N7O/c1-10(16-9-13-17-15(23-19-13)11-7-8-11)14-18-20-21-22(14)12-5-3-2-4-6-12/h2-6,10-11,16H,7-9H2,1H3/t10-/m1/s1. The molecule has 3 aromatic rings. The first kappa shape index (κ1) is 14.0. The van der Waals surface area contributed by atoms with Crippen LogP contribution in [0.3, 0.4) is 0 Å². The Morgan fingerprint density at radius 2 is 2.13 bits per heavy atom. The first-order valence-corrected chi connectivity index (χ1v) is 7.71. The van der Waals surface area contributed by atoms with E-state index in [1.807, 2.05) is 37.3 Å². The van der Waals surface area contributed by atoms with Gasteiger partial charge in [-0.1, -0.05) is 23.4 Å². The number of rotatable bonds is 6. The van der Waals surface area contributed by atoms with Crippen molar-refractivity contribution in [2.24, 2.45) is 0 Å².